The molecule has 1 rings (SSSR count). The molecule has 1 aromatic heterocycles. The van der Waals surface area contributed by atoms with Gasteiger partial charge in [-0.3, -0.25) is 0 Å². The molecule has 8 nitrogen and oxygen atoms in total. The largest absolute Gasteiger partial charge is 0.478 e. The summed E-state index contributed by atoms with van der Waals surface area (Å²) in [5.74, 6) is -3.85. The highest BCUT2D eigenvalue weighted by atomic mass is 16.6. The lowest BCUT2D eigenvalue weighted by Gasteiger charge is -2.21. The molecule has 0 saturated heterocycles. The van der Waals surface area contributed by atoms with Crippen LogP contribution >= 0.6 is 0 Å². The molecule has 0 radical (unpaired) electrons. The lowest BCUT2D eigenvalue weighted by atomic mass is 10.1. The van der Waals surface area contributed by atoms with Crippen molar-refractivity contribution < 1.29 is 34.4 Å². The van der Waals surface area contributed by atoms with Crippen molar-refractivity contribution in [1.82, 2.24) is 4.57 Å². The molecule has 0 saturated carbocycles. The second-order valence-electron chi connectivity index (χ2n) is 3.24. The van der Waals surface area contributed by atoms with Crippen molar-refractivity contribution in [2.45, 2.75) is 12.5 Å². The van der Waals surface area contributed by atoms with Gasteiger partial charge in [0.2, 0.25) is 5.88 Å². The predicted molar refractivity (Wildman–Crippen MR) is 52.2 cm³/mol. The Labute approximate surface area is 94.7 Å². The molecular weight excluding hydrogens is 234 g/mol. The molecule has 0 fully saturated rings. The highest BCUT2D eigenvalue weighted by molar-refractivity contribution is 6.01. The summed E-state index contributed by atoms with van der Waals surface area (Å²) in [6.45, 7) is 0.816. The normalized spacial score (nSPS) is 10.9. The number of aromatic nitrogens is 1. The summed E-state index contributed by atoms with van der Waals surface area (Å²) < 4.78 is 5.31. The minimum absolute atomic E-state index is 0.384. The smallest absolute Gasteiger partial charge is 0.418 e. The summed E-state index contributed by atoms with van der Waals surface area (Å²) in [4.78, 5) is 32.3. The van der Waals surface area contributed by atoms with E-state index >= 15 is 0 Å². The van der Waals surface area contributed by atoms with Crippen LogP contribution in [0.4, 0.5) is 4.79 Å². The van der Waals surface area contributed by atoms with Gasteiger partial charge in [-0.25, -0.2) is 19.0 Å². The van der Waals surface area contributed by atoms with Crippen LogP contribution in [0, 0.1) is 0 Å². The van der Waals surface area contributed by atoms with Gasteiger partial charge in [-0.15, -0.1) is 0 Å². The van der Waals surface area contributed by atoms with Crippen molar-refractivity contribution in [2.24, 2.45) is 0 Å². The van der Waals surface area contributed by atoms with E-state index in [0.29, 0.717) is 4.57 Å². The first kappa shape index (κ1) is 12.6. The zero-order valence-corrected chi connectivity index (χ0v) is 8.65. The fourth-order valence-electron chi connectivity index (χ4n) is 0.994. The summed E-state index contributed by atoms with van der Waals surface area (Å²) in [5.41, 5.74) is -2.55. The maximum Gasteiger partial charge on any atom is 0.418 e. The summed E-state index contributed by atoms with van der Waals surface area (Å²) >= 11 is 0. The summed E-state index contributed by atoms with van der Waals surface area (Å²) in [6, 6.07) is 2.44. The lowest BCUT2D eigenvalue weighted by molar-refractivity contribution is -0.170. The quantitative estimate of drug-likeness (QED) is 0.650. The third kappa shape index (κ3) is 2.19. The Morgan fingerprint density at radius 3 is 2.18 bits per heavy atom. The minimum Gasteiger partial charge on any atom is -0.478 e. The molecular formula is C9H9NO7. The van der Waals surface area contributed by atoms with Gasteiger partial charge in [-0.05, 0) is 13.0 Å². The van der Waals surface area contributed by atoms with Crippen LogP contribution in [0.5, 0.6) is 5.88 Å². The zero-order chi connectivity index (χ0) is 13.2. The molecule has 0 bridgehead atoms. The van der Waals surface area contributed by atoms with Gasteiger partial charge in [0, 0.05) is 12.3 Å². The van der Waals surface area contributed by atoms with E-state index in [1.807, 2.05) is 0 Å². The first-order valence-corrected chi connectivity index (χ1v) is 4.35. The Kier molecular flexibility index (Phi) is 3.07. The van der Waals surface area contributed by atoms with Gasteiger partial charge in [-0.1, -0.05) is 0 Å². The van der Waals surface area contributed by atoms with Gasteiger partial charge < -0.3 is 20.1 Å². The zero-order valence-electron chi connectivity index (χ0n) is 8.65. The minimum atomic E-state index is -2.55. The molecule has 0 atom stereocenters. The molecule has 0 aliphatic carbocycles. The molecule has 1 heterocycles. The van der Waals surface area contributed by atoms with Crippen molar-refractivity contribution in [2.75, 3.05) is 0 Å². The van der Waals surface area contributed by atoms with Crippen LogP contribution in [0.2, 0.25) is 0 Å². The highest BCUT2D eigenvalue weighted by Crippen LogP contribution is 2.20. The van der Waals surface area contributed by atoms with E-state index in [1.54, 1.807) is 0 Å². The van der Waals surface area contributed by atoms with E-state index in [2.05, 4.69) is 0 Å². The van der Waals surface area contributed by atoms with Crippen molar-refractivity contribution in [3.05, 3.63) is 18.3 Å². The Hall–Kier alpha value is -2.51. The number of carbonyl (C=O) groups is 3. The van der Waals surface area contributed by atoms with E-state index in [0.717, 1.165) is 19.2 Å². The predicted octanol–water partition coefficient (Wildman–Crippen LogP) is 0.321. The van der Waals surface area contributed by atoms with E-state index in [-0.39, 0.29) is 5.88 Å². The Morgan fingerprint density at radius 1 is 1.24 bits per heavy atom. The maximum absolute atomic E-state index is 10.8. The van der Waals surface area contributed by atoms with Gasteiger partial charge in [0.15, 0.2) is 0 Å². The fraction of sp³-hybridized carbons (Fsp3) is 0.222. The number of hydrogen-bond donors (Lipinski definition) is 3. The molecule has 3 N–H and O–H groups in total. The molecule has 92 valence electrons. The highest BCUT2D eigenvalue weighted by Gasteiger charge is 2.45. The van der Waals surface area contributed by atoms with Crippen LogP contribution in [-0.2, 0) is 9.59 Å². The SMILES string of the molecule is CC(Oc1cccn1C(=O)O)(C(=O)O)C(=O)O. The number of hydrogen-bond acceptors (Lipinski definition) is 4. The summed E-state index contributed by atoms with van der Waals surface area (Å²) in [5, 5.41) is 26.3. The van der Waals surface area contributed by atoms with E-state index in [4.69, 9.17) is 20.1 Å². The fourth-order valence-corrected chi connectivity index (χ4v) is 0.994. The molecule has 8 heteroatoms. The van der Waals surface area contributed by atoms with Gasteiger partial charge >= 0.3 is 18.0 Å². The second kappa shape index (κ2) is 4.16. The second-order valence-corrected chi connectivity index (χ2v) is 3.24. The maximum atomic E-state index is 10.8. The topological polar surface area (TPSA) is 126 Å². The Morgan fingerprint density at radius 2 is 1.76 bits per heavy atom. The van der Waals surface area contributed by atoms with Crippen LogP contribution in [0.15, 0.2) is 18.3 Å². The number of rotatable bonds is 4. The van der Waals surface area contributed by atoms with Gasteiger partial charge in [0.25, 0.3) is 5.60 Å². The number of ether oxygens (including phenoxy) is 1. The number of carboxylic acid groups (broad SMARTS) is 3. The first-order chi connectivity index (χ1) is 7.79. The monoisotopic (exact) mass is 243 g/mol. The van der Waals surface area contributed by atoms with E-state index in [1.165, 1.54) is 6.07 Å². The van der Waals surface area contributed by atoms with Crippen molar-refractivity contribution >= 4 is 18.0 Å². The molecule has 0 unspecified atom stereocenters. The van der Waals surface area contributed by atoms with Gasteiger partial charge in [-0.2, -0.15) is 0 Å². The third-order valence-electron chi connectivity index (χ3n) is 2.04. The molecule has 0 aromatic carbocycles. The Bertz CT molecular complexity index is 461. The van der Waals surface area contributed by atoms with Crippen molar-refractivity contribution in [3.8, 4) is 5.88 Å². The first-order valence-electron chi connectivity index (χ1n) is 4.35. The molecule has 17 heavy (non-hydrogen) atoms. The Balaban J connectivity index is 3.11. The van der Waals surface area contributed by atoms with Crippen LogP contribution in [0.25, 0.3) is 0 Å². The molecule has 0 amide bonds. The van der Waals surface area contributed by atoms with E-state index in [9.17, 15) is 14.4 Å². The molecule has 0 spiro atoms. The molecule has 0 aliphatic rings. The van der Waals surface area contributed by atoms with Crippen molar-refractivity contribution in [3.63, 3.8) is 0 Å². The summed E-state index contributed by atoms with van der Waals surface area (Å²) in [6.07, 6.45) is -0.315. The number of aliphatic carboxylic acids is 2. The average molecular weight is 243 g/mol. The van der Waals surface area contributed by atoms with Crippen LogP contribution in [-0.4, -0.2) is 43.5 Å². The summed E-state index contributed by atoms with van der Waals surface area (Å²) in [7, 11) is 0. The lowest BCUT2D eigenvalue weighted by Crippen LogP contribution is -2.49. The van der Waals surface area contributed by atoms with Gasteiger partial charge in [0.05, 0.1) is 0 Å². The number of nitrogens with zero attached hydrogens (tertiary/aromatic N) is 1. The molecule has 1 aromatic rings. The van der Waals surface area contributed by atoms with Crippen molar-refractivity contribution in [1.29, 1.82) is 0 Å². The van der Waals surface area contributed by atoms with Crippen LogP contribution in [0.3, 0.4) is 0 Å². The van der Waals surface area contributed by atoms with Crippen LogP contribution < -0.4 is 4.74 Å². The molecule has 0 aliphatic heterocycles. The van der Waals surface area contributed by atoms with Crippen LogP contribution in [0.1, 0.15) is 6.92 Å². The third-order valence-corrected chi connectivity index (χ3v) is 2.04. The number of carboxylic acids is 2. The average Bonchev–Trinajstić information content (AvgIpc) is 2.64. The van der Waals surface area contributed by atoms with E-state index < -0.39 is 23.6 Å². The van der Waals surface area contributed by atoms with Gasteiger partial charge in [0.1, 0.15) is 0 Å². The standard InChI is InChI=1S/C9H9NO7/c1-9(6(11)12,7(13)14)17-5-3-2-4-10(5)8(15)16/h2-4H,1H3,(H,11,12)(H,13,14)(H,15,16).